The van der Waals surface area contributed by atoms with Crippen LogP contribution in [0.5, 0.6) is 0 Å². The summed E-state index contributed by atoms with van der Waals surface area (Å²) < 4.78 is 4.62. The molecule has 13 heteroatoms. The summed E-state index contributed by atoms with van der Waals surface area (Å²) in [7, 11) is 0. The van der Waals surface area contributed by atoms with E-state index >= 15 is 0 Å². The molecule has 13 nitrogen and oxygen atoms in total. The van der Waals surface area contributed by atoms with Gasteiger partial charge in [-0.2, -0.15) is 0 Å². The van der Waals surface area contributed by atoms with Crippen LogP contribution in [0, 0.1) is 0 Å². The van der Waals surface area contributed by atoms with Gasteiger partial charge in [-0.1, -0.05) is 0 Å². The summed E-state index contributed by atoms with van der Waals surface area (Å²) in [6, 6.07) is -2.43. The van der Waals surface area contributed by atoms with E-state index in [4.69, 9.17) is 42.1 Å². The Kier molecular flexibility index (Phi) is 18.7. The largest absolute Gasteiger partial charge is 0.481 e. The minimum atomic E-state index is -1.31. The highest BCUT2D eigenvalue weighted by atomic mass is 16.5. The van der Waals surface area contributed by atoms with E-state index in [0.717, 1.165) is 0 Å². The summed E-state index contributed by atoms with van der Waals surface area (Å²) in [4.78, 5) is 41.1. The third-order valence-electron chi connectivity index (χ3n) is 2.43. The Morgan fingerprint density at radius 1 is 0.889 bits per heavy atom. The number of carbonyl (C=O) groups is 4. The van der Waals surface area contributed by atoms with Gasteiger partial charge in [0.2, 0.25) is 0 Å². The van der Waals surface area contributed by atoms with Crippen molar-refractivity contribution in [1.82, 2.24) is 0 Å². The quantitative estimate of drug-likeness (QED) is 0.179. The highest BCUT2D eigenvalue weighted by molar-refractivity contribution is 5.78. The SMILES string of the molecule is CC(O)CO.CC(OC(=O)CCC(=O)O)C(N)C(=O)O.N[C@@H](CO)C(=O)O. The summed E-state index contributed by atoms with van der Waals surface area (Å²) >= 11 is 0. The van der Waals surface area contributed by atoms with Crippen molar-refractivity contribution < 1.29 is 54.6 Å². The van der Waals surface area contributed by atoms with E-state index in [2.05, 4.69) is 4.74 Å². The maximum Gasteiger partial charge on any atom is 0.324 e. The fraction of sp³-hybridized carbons (Fsp3) is 0.714. The molecule has 0 fully saturated rings. The predicted octanol–water partition coefficient (Wildman–Crippen LogP) is -3.06. The van der Waals surface area contributed by atoms with Gasteiger partial charge in [-0.25, -0.2) is 0 Å². The predicted molar refractivity (Wildman–Crippen MR) is 89.5 cm³/mol. The second-order valence-corrected chi connectivity index (χ2v) is 5.11. The van der Waals surface area contributed by atoms with Crippen molar-refractivity contribution in [3.8, 4) is 0 Å². The van der Waals surface area contributed by atoms with Crippen LogP contribution in [0.15, 0.2) is 0 Å². The molecule has 0 heterocycles. The van der Waals surface area contributed by atoms with E-state index in [1.54, 1.807) is 0 Å². The molecule has 0 rings (SSSR count). The zero-order chi connectivity index (χ0) is 22.2. The lowest BCUT2D eigenvalue weighted by Crippen LogP contribution is -2.42. The van der Waals surface area contributed by atoms with Gasteiger partial charge in [-0.3, -0.25) is 19.2 Å². The Morgan fingerprint density at radius 3 is 1.56 bits per heavy atom. The lowest BCUT2D eigenvalue weighted by atomic mass is 10.2. The van der Waals surface area contributed by atoms with Gasteiger partial charge in [0.1, 0.15) is 18.2 Å². The van der Waals surface area contributed by atoms with Crippen molar-refractivity contribution in [2.75, 3.05) is 13.2 Å². The molecule has 10 N–H and O–H groups in total. The Morgan fingerprint density at radius 2 is 1.33 bits per heavy atom. The van der Waals surface area contributed by atoms with Crippen molar-refractivity contribution in [2.24, 2.45) is 11.5 Å². The van der Waals surface area contributed by atoms with E-state index < -0.39 is 54.8 Å². The van der Waals surface area contributed by atoms with Crippen LogP contribution in [-0.2, 0) is 23.9 Å². The number of carboxylic acid groups (broad SMARTS) is 3. The molecule has 160 valence electrons. The number of aliphatic hydroxyl groups is 3. The number of aliphatic hydroxyl groups excluding tert-OH is 3. The van der Waals surface area contributed by atoms with Crippen LogP contribution in [0.3, 0.4) is 0 Å². The summed E-state index contributed by atoms with van der Waals surface area (Å²) in [6.07, 6.45) is -2.20. The monoisotopic (exact) mass is 400 g/mol. The van der Waals surface area contributed by atoms with Crippen molar-refractivity contribution in [2.45, 2.75) is 51.0 Å². The van der Waals surface area contributed by atoms with Crippen LogP contribution in [0.2, 0.25) is 0 Å². The molecular weight excluding hydrogens is 372 g/mol. The lowest BCUT2D eigenvalue weighted by molar-refractivity contribution is -0.155. The third-order valence-corrected chi connectivity index (χ3v) is 2.43. The van der Waals surface area contributed by atoms with E-state index in [-0.39, 0.29) is 19.4 Å². The van der Waals surface area contributed by atoms with Gasteiger partial charge in [-0.05, 0) is 13.8 Å². The number of carboxylic acids is 3. The summed E-state index contributed by atoms with van der Waals surface area (Å²) in [5, 5.41) is 48.6. The molecule has 0 aromatic rings. The average molecular weight is 400 g/mol. The number of carbonyl (C=O) groups excluding carboxylic acids is 1. The molecule has 0 bridgehead atoms. The van der Waals surface area contributed by atoms with Gasteiger partial charge in [-0.15, -0.1) is 0 Å². The second kappa shape index (κ2) is 17.1. The summed E-state index contributed by atoms with van der Waals surface area (Å²) in [5.41, 5.74) is 9.94. The fourth-order valence-corrected chi connectivity index (χ4v) is 0.827. The second-order valence-electron chi connectivity index (χ2n) is 5.11. The molecule has 0 aliphatic rings. The minimum Gasteiger partial charge on any atom is -0.481 e. The topological polar surface area (TPSA) is 251 Å². The lowest BCUT2D eigenvalue weighted by Gasteiger charge is -2.16. The highest BCUT2D eigenvalue weighted by Crippen LogP contribution is 2.01. The third kappa shape index (κ3) is 21.6. The van der Waals surface area contributed by atoms with Gasteiger partial charge in [0.25, 0.3) is 0 Å². The van der Waals surface area contributed by atoms with Gasteiger partial charge in [0, 0.05) is 0 Å². The highest BCUT2D eigenvalue weighted by Gasteiger charge is 2.23. The molecule has 0 saturated carbocycles. The molecule has 0 aromatic carbocycles. The molecule has 0 aromatic heterocycles. The fourth-order valence-electron chi connectivity index (χ4n) is 0.827. The first-order valence-corrected chi connectivity index (χ1v) is 7.57. The zero-order valence-corrected chi connectivity index (χ0v) is 15.0. The molecule has 0 spiro atoms. The molecule has 0 saturated heterocycles. The van der Waals surface area contributed by atoms with E-state index in [0.29, 0.717) is 0 Å². The van der Waals surface area contributed by atoms with Crippen LogP contribution in [0.1, 0.15) is 26.7 Å². The van der Waals surface area contributed by atoms with Crippen LogP contribution in [-0.4, -0.2) is 92.0 Å². The average Bonchev–Trinajstić information content (AvgIpc) is 2.59. The van der Waals surface area contributed by atoms with E-state index in [1.165, 1.54) is 13.8 Å². The maximum absolute atomic E-state index is 11.0. The van der Waals surface area contributed by atoms with E-state index in [1.807, 2.05) is 0 Å². The van der Waals surface area contributed by atoms with Gasteiger partial charge in [0.05, 0.1) is 32.2 Å². The number of rotatable bonds is 9. The molecule has 4 atom stereocenters. The molecule has 0 aliphatic carbocycles. The van der Waals surface area contributed by atoms with E-state index in [9.17, 15) is 19.2 Å². The number of ether oxygens (including phenoxy) is 1. The maximum atomic E-state index is 11.0. The minimum absolute atomic E-state index is 0.139. The molecule has 27 heavy (non-hydrogen) atoms. The first-order valence-electron chi connectivity index (χ1n) is 7.57. The molecule has 0 amide bonds. The van der Waals surface area contributed by atoms with Crippen LogP contribution in [0.4, 0.5) is 0 Å². The first-order chi connectivity index (χ1) is 12.3. The van der Waals surface area contributed by atoms with Gasteiger partial charge < -0.3 is 46.8 Å². The van der Waals surface area contributed by atoms with Crippen LogP contribution in [0.25, 0.3) is 0 Å². The summed E-state index contributed by atoms with van der Waals surface area (Å²) in [6.45, 7) is 2.22. The Labute approximate surface area is 155 Å². The standard InChI is InChI=1S/C8H13NO6.C3H7NO3.C3H8O2/c1-4(7(9)8(13)14)15-6(12)3-2-5(10)11;4-2(1-5)3(6)7;1-3(5)2-4/h4,7H,2-3,9H2,1H3,(H,10,11)(H,13,14);2,5H,1,4H2,(H,6,7);3-5H,2H2,1H3/t;2-;/m.0./s1. The molecule has 0 aliphatic heterocycles. The smallest absolute Gasteiger partial charge is 0.324 e. The Bertz CT molecular complexity index is 456. The number of aliphatic carboxylic acids is 3. The van der Waals surface area contributed by atoms with Crippen molar-refractivity contribution >= 4 is 23.9 Å². The van der Waals surface area contributed by atoms with Crippen molar-refractivity contribution in [3.05, 3.63) is 0 Å². The van der Waals surface area contributed by atoms with Gasteiger partial charge in [0.15, 0.2) is 0 Å². The molecule has 3 unspecified atom stereocenters. The number of nitrogens with two attached hydrogens (primary N) is 2. The number of hydrogen-bond donors (Lipinski definition) is 8. The van der Waals surface area contributed by atoms with Crippen LogP contribution >= 0.6 is 0 Å². The molecule has 0 radical (unpaired) electrons. The first kappa shape index (κ1) is 29.4. The Hall–Kier alpha value is -2.32. The van der Waals surface area contributed by atoms with Crippen molar-refractivity contribution in [3.63, 3.8) is 0 Å². The summed E-state index contributed by atoms with van der Waals surface area (Å²) in [5.74, 6) is -4.36. The van der Waals surface area contributed by atoms with Gasteiger partial charge >= 0.3 is 23.9 Å². The zero-order valence-electron chi connectivity index (χ0n) is 15.0. The Balaban J connectivity index is -0.000000396. The normalized spacial score (nSPS) is 14.0. The number of esters is 1. The number of hydrogen-bond acceptors (Lipinski definition) is 10. The van der Waals surface area contributed by atoms with Crippen molar-refractivity contribution in [1.29, 1.82) is 0 Å². The molecular formula is C14H28N2O11. The van der Waals surface area contributed by atoms with Crippen LogP contribution < -0.4 is 11.5 Å².